The molecule has 0 aliphatic carbocycles. The van der Waals surface area contributed by atoms with Crippen molar-refractivity contribution in [3.8, 4) is 0 Å². The summed E-state index contributed by atoms with van der Waals surface area (Å²) in [6.45, 7) is 0. The van der Waals surface area contributed by atoms with Gasteiger partial charge in [0.2, 0.25) is 0 Å². The van der Waals surface area contributed by atoms with Gasteiger partial charge in [-0.1, -0.05) is 0 Å². The minimum Gasteiger partial charge on any atom is -0.412 e. The van der Waals surface area contributed by atoms with E-state index in [0.717, 1.165) is 0 Å². The second-order valence-corrected chi connectivity index (χ2v) is 2.20. The van der Waals surface area contributed by atoms with E-state index in [4.69, 9.17) is 4.55 Å². The van der Waals surface area contributed by atoms with E-state index >= 15 is 0 Å². The molecule has 0 saturated carbocycles. The second-order valence-electron chi connectivity index (χ2n) is 0.733. The predicted molar refractivity (Wildman–Crippen MR) is 21.1 cm³/mol. The third-order valence-electron chi connectivity index (χ3n) is 0. The van der Waals surface area contributed by atoms with E-state index in [-0.39, 0.29) is 47.2 Å². The summed E-state index contributed by atoms with van der Waals surface area (Å²) in [6.07, 6.45) is 0.715. The first-order chi connectivity index (χ1) is 2.00. The van der Waals surface area contributed by atoms with Gasteiger partial charge in [0.25, 0.3) is 10.1 Å². The standard InChI is InChI=1S/CH4O3S.Ce.H2O/c1-5(2,3)4;;/h1H3,(H,2,3,4);;1H2. The van der Waals surface area contributed by atoms with Gasteiger partial charge < -0.3 is 5.48 Å². The summed E-state index contributed by atoms with van der Waals surface area (Å²) in [5.74, 6) is 0. The SMILES string of the molecule is CS(=O)(=O)O.O.[Ce]. The summed E-state index contributed by atoms with van der Waals surface area (Å²) in [5.41, 5.74) is 0. The molecule has 0 aromatic rings. The molecule has 0 aliphatic heterocycles. The van der Waals surface area contributed by atoms with Gasteiger partial charge in [0.1, 0.15) is 0 Å². The Bertz CT molecular complexity index is 94.9. The molecule has 0 bridgehead atoms. The maximum atomic E-state index is 9.19. The molecule has 0 radical (unpaired) electrons. The molecule has 44 valence electrons. The van der Waals surface area contributed by atoms with Crippen molar-refractivity contribution in [3.05, 3.63) is 0 Å². The van der Waals surface area contributed by atoms with Gasteiger partial charge in [-0.2, -0.15) is 8.42 Å². The van der Waals surface area contributed by atoms with Crippen LogP contribution >= 0.6 is 0 Å². The van der Waals surface area contributed by atoms with Gasteiger partial charge in [-0.05, 0) is 0 Å². The van der Waals surface area contributed by atoms with E-state index in [2.05, 4.69) is 0 Å². The molecular weight excluding hydrogens is 248 g/mol. The summed E-state index contributed by atoms with van der Waals surface area (Å²) in [7, 11) is -3.67. The Morgan fingerprint density at radius 2 is 1.43 bits per heavy atom. The Labute approximate surface area is 75.7 Å². The van der Waals surface area contributed by atoms with Crippen molar-refractivity contribution in [2.45, 2.75) is 0 Å². The van der Waals surface area contributed by atoms with Crippen LogP contribution in [0.1, 0.15) is 0 Å². The molecule has 0 spiro atoms. The molecule has 6 heteroatoms. The molecule has 0 aromatic heterocycles. The molecule has 0 amide bonds. The van der Waals surface area contributed by atoms with Gasteiger partial charge in [-0.3, -0.25) is 4.55 Å². The molecule has 4 nitrogen and oxygen atoms in total. The number of rotatable bonds is 0. The molecule has 0 aliphatic rings. The Morgan fingerprint density at radius 3 is 1.43 bits per heavy atom. The molecule has 7 heavy (non-hydrogen) atoms. The Kier molecular flexibility index (Phi) is 12.1. The van der Waals surface area contributed by atoms with E-state index < -0.39 is 10.1 Å². The molecule has 0 aromatic carbocycles. The van der Waals surface area contributed by atoms with Gasteiger partial charge in [-0.25, -0.2) is 0 Å². The molecule has 3 N–H and O–H groups in total. The molecule has 0 rings (SSSR count). The summed E-state index contributed by atoms with van der Waals surface area (Å²) >= 11 is 0. The van der Waals surface area contributed by atoms with Crippen molar-refractivity contribution < 1.29 is 60.2 Å². The fourth-order valence-corrected chi connectivity index (χ4v) is 0. The van der Waals surface area contributed by atoms with Crippen LogP contribution in [0.15, 0.2) is 0 Å². The molecule has 0 saturated heterocycles. The third-order valence-corrected chi connectivity index (χ3v) is 0. The van der Waals surface area contributed by atoms with Crippen molar-refractivity contribution in [1.29, 1.82) is 0 Å². The van der Waals surface area contributed by atoms with Crippen molar-refractivity contribution in [3.63, 3.8) is 0 Å². The van der Waals surface area contributed by atoms with Crippen LogP contribution < -0.4 is 0 Å². The zero-order chi connectivity index (χ0) is 4.50. The molecular formula is CH6CeO4S. The third kappa shape index (κ3) is 128. The van der Waals surface area contributed by atoms with E-state index in [1.807, 2.05) is 0 Å². The fourth-order valence-electron chi connectivity index (χ4n) is 0. The predicted octanol–water partition coefficient (Wildman–Crippen LogP) is -1.32. The number of hydrogen-bond donors (Lipinski definition) is 1. The van der Waals surface area contributed by atoms with Crippen LogP contribution in [0, 0.1) is 41.7 Å². The minimum absolute atomic E-state index is 0. The van der Waals surface area contributed by atoms with Gasteiger partial charge >= 0.3 is 0 Å². The maximum Gasteiger partial charge on any atom is 0.261 e. The first-order valence-electron chi connectivity index (χ1n) is 0.924. The molecule has 0 unspecified atom stereocenters. The normalized spacial score (nSPS) is 8.29. The van der Waals surface area contributed by atoms with Crippen LogP contribution in [0.3, 0.4) is 0 Å². The summed E-state index contributed by atoms with van der Waals surface area (Å²) in [6, 6.07) is 0. The topological polar surface area (TPSA) is 85.9 Å². The van der Waals surface area contributed by atoms with Crippen LogP contribution in [0.2, 0.25) is 0 Å². The first-order valence-corrected chi connectivity index (χ1v) is 2.77. The first kappa shape index (κ1) is 15.7. The van der Waals surface area contributed by atoms with Crippen LogP contribution in [-0.4, -0.2) is 24.7 Å². The smallest absolute Gasteiger partial charge is 0.261 e. The zero-order valence-corrected chi connectivity index (χ0v) is 7.63. The van der Waals surface area contributed by atoms with Crippen LogP contribution in [-0.2, 0) is 10.1 Å². The van der Waals surface area contributed by atoms with Crippen molar-refractivity contribution in [1.82, 2.24) is 0 Å². The Morgan fingerprint density at radius 1 is 1.43 bits per heavy atom. The summed E-state index contributed by atoms with van der Waals surface area (Å²) in [4.78, 5) is 0. The summed E-state index contributed by atoms with van der Waals surface area (Å²) in [5, 5.41) is 0. The second kappa shape index (κ2) is 5.38. The maximum absolute atomic E-state index is 9.19. The van der Waals surface area contributed by atoms with Crippen molar-refractivity contribution >= 4 is 10.1 Å². The van der Waals surface area contributed by atoms with E-state index in [1.54, 1.807) is 0 Å². The molecule has 0 fully saturated rings. The fraction of sp³-hybridized carbons (Fsp3) is 1.00. The van der Waals surface area contributed by atoms with Crippen LogP contribution in [0.25, 0.3) is 0 Å². The van der Waals surface area contributed by atoms with Gasteiger partial charge in [-0.15, -0.1) is 0 Å². The van der Waals surface area contributed by atoms with Gasteiger partial charge in [0.05, 0.1) is 6.26 Å². The Hall–Kier alpha value is 1.25. The minimum atomic E-state index is -3.67. The Balaban J connectivity index is -0.0000000800. The van der Waals surface area contributed by atoms with E-state index in [9.17, 15) is 8.42 Å². The summed E-state index contributed by atoms with van der Waals surface area (Å²) < 4.78 is 25.9. The number of hydrogen-bond acceptors (Lipinski definition) is 2. The van der Waals surface area contributed by atoms with Crippen molar-refractivity contribution in [2.24, 2.45) is 0 Å². The largest absolute Gasteiger partial charge is 0.412 e. The monoisotopic (exact) mass is 254 g/mol. The van der Waals surface area contributed by atoms with Gasteiger partial charge in [0, 0.05) is 41.7 Å². The zero-order valence-electron chi connectivity index (χ0n) is 3.67. The van der Waals surface area contributed by atoms with Gasteiger partial charge in [0.15, 0.2) is 0 Å². The molecule has 0 heterocycles. The van der Waals surface area contributed by atoms with Crippen LogP contribution in [0.4, 0.5) is 0 Å². The average molecular weight is 254 g/mol. The quantitative estimate of drug-likeness (QED) is 0.544. The molecule has 0 atom stereocenters. The van der Waals surface area contributed by atoms with E-state index in [0.29, 0.717) is 6.26 Å². The van der Waals surface area contributed by atoms with E-state index in [1.165, 1.54) is 0 Å². The average Bonchev–Trinajstić information content (AvgIpc) is 0.722. The van der Waals surface area contributed by atoms with Crippen molar-refractivity contribution in [2.75, 3.05) is 6.26 Å². The van der Waals surface area contributed by atoms with Crippen LogP contribution in [0.5, 0.6) is 0 Å².